The smallest absolute Gasteiger partial charge is 0.0971 e. The van der Waals surface area contributed by atoms with Crippen molar-refractivity contribution < 1.29 is 0 Å². The molecule has 0 saturated carbocycles. The first-order valence-corrected chi connectivity index (χ1v) is 27.4. The van der Waals surface area contributed by atoms with Gasteiger partial charge in [-0.3, -0.25) is 9.97 Å². The molecule has 0 radical (unpaired) electrons. The molecule has 0 fully saturated rings. The Kier molecular flexibility index (Phi) is 10.5. The summed E-state index contributed by atoms with van der Waals surface area (Å²) in [4.78, 5) is 10.1. The number of fused-ring (bicyclic) bond motifs is 12. The maximum Gasteiger partial charge on any atom is 0.0971 e. The highest BCUT2D eigenvalue weighted by Gasteiger charge is 2.19. The van der Waals surface area contributed by atoms with E-state index in [1.807, 2.05) is 12.4 Å². The quantitative estimate of drug-likeness (QED) is 0.142. The van der Waals surface area contributed by atoms with E-state index in [0.717, 1.165) is 66.2 Å². The summed E-state index contributed by atoms with van der Waals surface area (Å²) in [6.45, 7) is 0. The van der Waals surface area contributed by atoms with Crippen molar-refractivity contribution in [1.29, 1.82) is 0 Å². The van der Waals surface area contributed by atoms with Crippen LogP contribution >= 0.6 is 0 Å². The molecule has 3 aromatic heterocycles. The summed E-state index contributed by atoms with van der Waals surface area (Å²) in [6.07, 6.45) is 3.64. The van der Waals surface area contributed by atoms with Gasteiger partial charge in [-0.05, 0) is 162 Å². The maximum absolute atomic E-state index is 5.07. The number of hydrogen-bond donors (Lipinski definition) is 0. The van der Waals surface area contributed by atoms with Gasteiger partial charge in [-0.15, -0.1) is 0 Å². The molecule has 0 aliphatic heterocycles. The summed E-state index contributed by atoms with van der Waals surface area (Å²) in [6, 6.07) is 102. The minimum atomic E-state index is 0.889. The van der Waals surface area contributed by atoms with Gasteiger partial charge in [-0.2, -0.15) is 0 Å². The number of benzene rings is 13. The number of aromatic nitrogens is 4. The number of rotatable bonds is 8. The first kappa shape index (κ1) is 45.5. The molecule has 16 aromatic rings. The molecule has 4 heteroatoms. The zero-order valence-electron chi connectivity index (χ0n) is 43.5. The number of hydrogen-bond acceptors (Lipinski definition) is 2. The molecular weight excluding hydrogens is 969 g/mol. The Morgan fingerprint density at radius 1 is 0.188 bits per heavy atom. The van der Waals surface area contributed by atoms with E-state index in [1.165, 1.54) is 88.1 Å². The predicted molar refractivity (Wildman–Crippen MR) is 336 cm³/mol. The van der Waals surface area contributed by atoms with Crippen LogP contribution in [0.3, 0.4) is 0 Å². The van der Waals surface area contributed by atoms with E-state index in [9.17, 15) is 0 Å². The largest absolute Gasteiger partial charge is 0.309 e. The minimum absolute atomic E-state index is 0.889. The zero-order chi connectivity index (χ0) is 52.7. The van der Waals surface area contributed by atoms with Crippen molar-refractivity contribution in [3.05, 3.63) is 291 Å². The molecule has 0 saturated heterocycles. The van der Waals surface area contributed by atoms with Crippen LogP contribution in [0.4, 0.5) is 0 Å². The molecular formula is C76H48N4. The third-order valence-electron chi connectivity index (χ3n) is 16.4. The molecule has 4 nitrogen and oxygen atoms in total. The second-order valence-corrected chi connectivity index (χ2v) is 20.9. The lowest BCUT2D eigenvalue weighted by Gasteiger charge is -2.14. The molecule has 372 valence electrons. The fourth-order valence-corrected chi connectivity index (χ4v) is 12.5. The Bertz CT molecular complexity index is 4560. The summed E-state index contributed by atoms with van der Waals surface area (Å²) >= 11 is 0. The third-order valence-corrected chi connectivity index (χ3v) is 16.4. The monoisotopic (exact) mass is 1020 g/mol. The average molecular weight is 1020 g/mol. The van der Waals surface area contributed by atoms with Crippen LogP contribution < -0.4 is 0 Å². The molecule has 0 bridgehead atoms. The van der Waals surface area contributed by atoms with Crippen molar-refractivity contribution in [2.24, 2.45) is 0 Å². The Hall–Kier alpha value is -10.7. The molecule has 0 aliphatic rings. The van der Waals surface area contributed by atoms with Crippen molar-refractivity contribution in [3.63, 3.8) is 0 Å². The van der Waals surface area contributed by atoms with Gasteiger partial charge in [-0.1, -0.05) is 194 Å². The van der Waals surface area contributed by atoms with Gasteiger partial charge in [0.05, 0.1) is 33.1 Å². The Balaban J connectivity index is 0.795. The summed E-state index contributed by atoms with van der Waals surface area (Å²) < 4.78 is 4.85. The van der Waals surface area contributed by atoms with Crippen LogP contribution in [0.15, 0.2) is 291 Å². The van der Waals surface area contributed by atoms with Gasteiger partial charge in [-0.25, -0.2) is 0 Å². The van der Waals surface area contributed by atoms with Crippen molar-refractivity contribution in [2.75, 3.05) is 0 Å². The van der Waals surface area contributed by atoms with Crippen LogP contribution in [0, 0.1) is 0 Å². The van der Waals surface area contributed by atoms with E-state index in [1.54, 1.807) is 0 Å². The normalized spacial score (nSPS) is 11.8. The summed E-state index contributed by atoms with van der Waals surface area (Å²) in [5.41, 5.74) is 22.8. The molecule has 3 heterocycles. The van der Waals surface area contributed by atoms with Crippen LogP contribution in [0.2, 0.25) is 0 Å². The molecule has 0 aliphatic carbocycles. The zero-order valence-corrected chi connectivity index (χ0v) is 43.5. The molecule has 0 spiro atoms. The lowest BCUT2D eigenvalue weighted by Crippen LogP contribution is -1.95. The molecule has 80 heavy (non-hydrogen) atoms. The summed E-state index contributed by atoms with van der Waals surface area (Å²) in [7, 11) is 0. The fraction of sp³-hybridized carbons (Fsp3) is 0. The summed E-state index contributed by atoms with van der Waals surface area (Å²) in [5, 5.41) is 9.35. The van der Waals surface area contributed by atoms with E-state index in [0.29, 0.717) is 0 Å². The molecule has 0 atom stereocenters. The SMILES string of the molecule is c1ccc(-c2ccc3c(c2)c2cc(-c4ccccc4)ccc2n3-c2cccc(-c3ccc4c5ccc(-c6cccc(-n7c8ccc(-c9ccccc9)cc8c8cc(-c9ccccc9)ccc87)c6)cc5c5nccnc5c4c3)c2)cc1. The van der Waals surface area contributed by atoms with Crippen molar-refractivity contribution in [3.8, 4) is 78.1 Å². The predicted octanol–water partition coefficient (Wildman–Crippen LogP) is 20.1. The average Bonchev–Trinajstić information content (AvgIpc) is 4.13. The van der Waals surface area contributed by atoms with Gasteiger partial charge in [0.1, 0.15) is 0 Å². The minimum Gasteiger partial charge on any atom is -0.309 e. The molecule has 0 amide bonds. The van der Waals surface area contributed by atoms with Gasteiger partial charge in [0, 0.05) is 56.1 Å². The van der Waals surface area contributed by atoms with E-state index >= 15 is 0 Å². The lowest BCUT2D eigenvalue weighted by atomic mass is 9.93. The van der Waals surface area contributed by atoms with Crippen LogP contribution in [-0.2, 0) is 0 Å². The highest BCUT2D eigenvalue weighted by molar-refractivity contribution is 6.24. The van der Waals surface area contributed by atoms with Crippen molar-refractivity contribution >= 4 is 76.2 Å². The van der Waals surface area contributed by atoms with Crippen LogP contribution in [0.25, 0.3) is 154 Å². The van der Waals surface area contributed by atoms with Crippen LogP contribution in [0.5, 0.6) is 0 Å². The third kappa shape index (κ3) is 7.53. The first-order valence-electron chi connectivity index (χ1n) is 27.4. The van der Waals surface area contributed by atoms with Crippen LogP contribution in [0.1, 0.15) is 0 Å². The van der Waals surface area contributed by atoms with Gasteiger partial charge < -0.3 is 9.13 Å². The fourth-order valence-electron chi connectivity index (χ4n) is 12.5. The second kappa shape index (κ2) is 18.5. The Labute approximate surface area is 462 Å². The topological polar surface area (TPSA) is 35.6 Å². The van der Waals surface area contributed by atoms with Crippen molar-refractivity contribution in [1.82, 2.24) is 19.1 Å². The van der Waals surface area contributed by atoms with E-state index < -0.39 is 0 Å². The molecule has 0 N–H and O–H groups in total. The van der Waals surface area contributed by atoms with Gasteiger partial charge in [0.2, 0.25) is 0 Å². The highest BCUT2D eigenvalue weighted by Crippen LogP contribution is 2.42. The van der Waals surface area contributed by atoms with Gasteiger partial charge >= 0.3 is 0 Å². The Morgan fingerprint density at radius 2 is 0.450 bits per heavy atom. The van der Waals surface area contributed by atoms with E-state index in [4.69, 9.17) is 9.97 Å². The van der Waals surface area contributed by atoms with E-state index in [-0.39, 0.29) is 0 Å². The first-order chi connectivity index (χ1) is 39.6. The maximum atomic E-state index is 5.07. The highest BCUT2D eigenvalue weighted by atomic mass is 15.0. The number of nitrogens with zero attached hydrogens (tertiary/aromatic N) is 4. The second-order valence-electron chi connectivity index (χ2n) is 20.9. The lowest BCUT2D eigenvalue weighted by molar-refractivity contribution is 1.18. The van der Waals surface area contributed by atoms with Gasteiger partial charge in [0.15, 0.2) is 0 Å². The van der Waals surface area contributed by atoms with Crippen molar-refractivity contribution in [2.45, 2.75) is 0 Å². The van der Waals surface area contributed by atoms with Crippen LogP contribution in [-0.4, -0.2) is 19.1 Å². The molecule has 16 rings (SSSR count). The van der Waals surface area contributed by atoms with E-state index in [2.05, 4.69) is 288 Å². The standard InChI is InChI=1S/C76H48N4/c1-5-15-49(16-6-1)55-29-35-71-65(43-55)66-44-56(50-17-7-2-8-18-50)30-36-72(66)79(71)61-25-13-23-53(41-61)59-27-33-63-64-34-28-60(48-70(64)76-75(69(63)47-59)77-39-40-78-76)54-24-14-26-62(42-54)80-73-37-31-57(51-19-9-3-10-20-51)45-67(73)68-46-58(32-38-74(68)80)52-21-11-4-12-22-52/h1-48H. The molecule has 13 aromatic carbocycles. The Morgan fingerprint density at radius 3 is 0.775 bits per heavy atom. The molecule has 0 unspecified atom stereocenters. The van der Waals surface area contributed by atoms with Gasteiger partial charge in [0.25, 0.3) is 0 Å². The summed E-state index contributed by atoms with van der Waals surface area (Å²) in [5.74, 6) is 0.